The molecular weight excluding hydrogens is 242 g/mol. The van der Waals surface area contributed by atoms with Crippen LogP contribution in [0.15, 0.2) is 30.3 Å². The van der Waals surface area contributed by atoms with Crippen LogP contribution in [-0.4, -0.2) is 21.6 Å². The topological polar surface area (TPSA) is 96.1 Å². The second kappa shape index (κ2) is 4.01. The zero-order chi connectivity index (χ0) is 13.5. The van der Waals surface area contributed by atoms with E-state index in [2.05, 4.69) is 20.6 Å². The highest BCUT2D eigenvalue weighted by Gasteiger charge is 2.33. The van der Waals surface area contributed by atoms with Crippen LogP contribution < -0.4 is 16.4 Å². The van der Waals surface area contributed by atoms with E-state index in [-0.39, 0.29) is 17.4 Å². The number of nitrogen functional groups attached to an aromatic ring is 1. The number of benzene rings is 1. The van der Waals surface area contributed by atoms with Crippen molar-refractivity contribution in [2.75, 3.05) is 22.9 Å². The molecule has 0 saturated heterocycles. The summed E-state index contributed by atoms with van der Waals surface area (Å²) in [5.74, 6) is 0.434. The summed E-state index contributed by atoms with van der Waals surface area (Å²) >= 11 is 0. The van der Waals surface area contributed by atoms with Gasteiger partial charge < -0.3 is 21.5 Å². The van der Waals surface area contributed by atoms with E-state index in [1.165, 1.54) is 0 Å². The minimum Gasteiger partial charge on any atom is -0.492 e. The largest absolute Gasteiger partial charge is 0.492 e. The minimum absolute atomic E-state index is 0.0499. The molecule has 1 atom stereocenters. The summed E-state index contributed by atoms with van der Waals surface area (Å²) in [5, 5.41) is 16.4. The number of anilines is 3. The zero-order valence-corrected chi connectivity index (χ0v) is 10.5. The number of nitrogens with two attached hydrogens (primary N) is 1. The van der Waals surface area contributed by atoms with Crippen molar-refractivity contribution < 1.29 is 5.11 Å². The monoisotopic (exact) mass is 257 g/mol. The highest BCUT2D eigenvalue weighted by molar-refractivity contribution is 5.74. The third kappa shape index (κ3) is 1.91. The second-order valence-electron chi connectivity index (χ2n) is 4.81. The van der Waals surface area contributed by atoms with Gasteiger partial charge in [-0.2, -0.15) is 9.97 Å². The highest BCUT2D eigenvalue weighted by Crippen LogP contribution is 2.38. The molecule has 6 nitrogen and oxygen atoms in total. The lowest BCUT2D eigenvalue weighted by molar-refractivity contribution is 0.449. The fourth-order valence-corrected chi connectivity index (χ4v) is 2.27. The lowest BCUT2D eigenvalue weighted by Gasteiger charge is -2.37. The van der Waals surface area contributed by atoms with Crippen molar-refractivity contribution in [3.05, 3.63) is 35.9 Å². The van der Waals surface area contributed by atoms with Gasteiger partial charge >= 0.3 is 0 Å². The molecular formula is C13H15N5O. The van der Waals surface area contributed by atoms with Gasteiger partial charge in [-0.3, -0.25) is 0 Å². The number of hydrogen-bond acceptors (Lipinski definition) is 6. The molecule has 0 saturated carbocycles. The lowest BCUT2D eigenvalue weighted by Crippen LogP contribution is -2.42. The Kier molecular flexibility index (Phi) is 2.45. The van der Waals surface area contributed by atoms with Crippen LogP contribution in [0.25, 0.3) is 0 Å². The van der Waals surface area contributed by atoms with Crippen molar-refractivity contribution in [3.8, 4) is 5.88 Å². The van der Waals surface area contributed by atoms with Crippen LogP contribution in [0.2, 0.25) is 0 Å². The third-order valence-corrected chi connectivity index (χ3v) is 3.33. The van der Waals surface area contributed by atoms with Crippen LogP contribution in [0, 0.1) is 0 Å². The standard InChI is InChI=1S/C13H15N5O/c1-13(8-5-3-2-4-6-8)7-15-10-9(18-13)11(19)17-12(14)16-10/h2-6,18H,7H2,1H3,(H4,14,15,16,17,19). The molecule has 0 fully saturated rings. The smallest absolute Gasteiger partial charge is 0.242 e. The number of hydrogen-bond donors (Lipinski definition) is 4. The number of fused-ring (bicyclic) bond motifs is 1. The van der Waals surface area contributed by atoms with Crippen LogP contribution in [0.1, 0.15) is 12.5 Å². The summed E-state index contributed by atoms with van der Waals surface area (Å²) in [7, 11) is 0. The van der Waals surface area contributed by atoms with E-state index in [9.17, 15) is 5.11 Å². The lowest BCUT2D eigenvalue weighted by atomic mass is 9.90. The van der Waals surface area contributed by atoms with Crippen LogP contribution in [0.3, 0.4) is 0 Å². The average Bonchev–Trinajstić information content (AvgIpc) is 2.41. The fourth-order valence-electron chi connectivity index (χ4n) is 2.27. The van der Waals surface area contributed by atoms with Gasteiger partial charge in [0.15, 0.2) is 5.82 Å². The van der Waals surface area contributed by atoms with E-state index >= 15 is 0 Å². The molecule has 1 aliphatic heterocycles. The molecule has 2 heterocycles. The fraction of sp³-hybridized carbons (Fsp3) is 0.231. The van der Waals surface area contributed by atoms with Gasteiger partial charge in [-0.1, -0.05) is 30.3 Å². The maximum Gasteiger partial charge on any atom is 0.242 e. The van der Waals surface area contributed by atoms with Crippen molar-refractivity contribution in [2.24, 2.45) is 0 Å². The quantitative estimate of drug-likeness (QED) is 0.618. The Labute approximate surface area is 110 Å². The normalized spacial score (nSPS) is 21.1. The Balaban J connectivity index is 2.02. The van der Waals surface area contributed by atoms with E-state index in [0.717, 1.165) is 5.56 Å². The molecule has 0 aliphatic carbocycles. The summed E-state index contributed by atoms with van der Waals surface area (Å²) in [4.78, 5) is 7.83. The van der Waals surface area contributed by atoms with Gasteiger partial charge in [-0.25, -0.2) is 0 Å². The van der Waals surface area contributed by atoms with Crippen LogP contribution >= 0.6 is 0 Å². The maximum absolute atomic E-state index is 9.88. The molecule has 0 amide bonds. The van der Waals surface area contributed by atoms with Crippen LogP contribution in [0.5, 0.6) is 5.88 Å². The molecule has 1 aromatic heterocycles. The number of nitrogens with one attached hydrogen (secondary N) is 2. The van der Waals surface area contributed by atoms with E-state index in [1.54, 1.807) is 0 Å². The average molecular weight is 257 g/mol. The predicted octanol–water partition coefficient (Wildman–Crippen LogP) is 1.52. The van der Waals surface area contributed by atoms with E-state index < -0.39 is 0 Å². The Morgan fingerprint density at radius 3 is 2.74 bits per heavy atom. The van der Waals surface area contributed by atoms with E-state index in [4.69, 9.17) is 5.73 Å². The molecule has 0 spiro atoms. The van der Waals surface area contributed by atoms with Crippen molar-refractivity contribution in [1.82, 2.24) is 9.97 Å². The minimum atomic E-state index is -0.342. The molecule has 0 radical (unpaired) electrons. The van der Waals surface area contributed by atoms with E-state index in [0.29, 0.717) is 18.1 Å². The SMILES string of the molecule is CC1(c2ccccc2)CNc2nc(N)nc(O)c2N1. The molecule has 2 aromatic rings. The van der Waals surface area contributed by atoms with Gasteiger partial charge in [-0.15, -0.1) is 0 Å². The molecule has 1 aromatic carbocycles. The summed E-state index contributed by atoms with van der Waals surface area (Å²) in [5.41, 5.74) is 6.76. The zero-order valence-electron chi connectivity index (χ0n) is 10.5. The summed E-state index contributed by atoms with van der Waals surface area (Å²) in [6, 6.07) is 10.0. The number of rotatable bonds is 1. The Morgan fingerprint density at radius 1 is 1.26 bits per heavy atom. The van der Waals surface area contributed by atoms with Crippen molar-refractivity contribution >= 4 is 17.5 Å². The molecule has 1 aliphatic rings. The van der Waals surface area contributed by atoms with Gasteiger partial charge in [-0.05, 0) is 12.5 Å². The van der Waals surface area contributed by atoms with Gasteiger partial charge in [0.2, 0.25) is 11.8 Å². The van der Waals surface area contributed by atoms with Crippen LogP contribution in [-0.2, 0) is 5.54 Å². The molecule has 0 bridgehead atoms. The maximum atomic E-state index is 9.88. The third-order valence-electron chi connectivity index (χ3n) is 3.33. The van der Waals surface area contributed by atoms with Gasteiger partial charge in [0, 0.05) is 6.54 Å². The first-order chi connectivity index (χ1) is 9.08. The molecule has 19 heavy (non-hydrogen) atoms. The van der Waals surface area contributed by atoms with E-state index in [1.807, 2.05) is 37.3 Å². The molecule has 98 valence electrons. The Hall–Kier alpha value is -2.50. The number of aromatic nitrogens is 2. The molecule has 6 heteroatoms. The van der Waals surface area contributed by atoms with Crippen molar-refractivity contribution in [3.63, 3.8) is 0 Å². The van der Waals surface area contributed by atoms with Gasteiger partial charge in [0.05, 0.1) is 5.54 Å². The first kappa shape index (κ1) is 11.6. The van der Waals surface area contributed by atoms with Crippen LogP contribution in [0.4, 0.5) is 17.5 Å². The Morgan fingerprint density at radius 2 is 2.00 bits per heavy atom. The molecule has 1 unspecified atom stereocenters. The van der Waals surface area contributed by atoms with Gasteiger partial charge in [0.1, 0.15) is 5.69 Å². The van der Waals surface area contributed by atoms with Crippen molar-refractivity contribution in [1.29, 1.82) is 0 Å². The number of nitrogens with zero attached hydrogens (tertiary/aromatic N) is 2. The van der Waals surface area contributed by atoms with Crippen molar-refractivity contribution in [2.45, 2.75) is 12.5 Å². The van der Waals surface area contributed by atoms with Gasteiger partial charge in [0.25, 0.3) is 0 Å². The highest BCUT2D eigenvalue weighted by atomic mass is 16.3. The summed E-state index contributed by atoms with van der Waals surface area (Å²) in [6.45, 7) is 2.69. The second-order valence-corrected chi connectivity index (χ2v) is 4.81. The summed E-state index contributed by atoms with van der Waals surface area (Å²) < 4.78 is 0. The first-order valence-corrected chi connectivity index (χ1v) is 6.02. The number of aromatic hydroxyl groups is 1. The molecule has 3 rings (SSSR count). The Bertz CT molecular complexity index is 616. The molecule has 5 N–H and O–H groups in total. The summed E-state index contributed by atoms with van der Waals surface area (Å²) in [6.07, 6.45) is 0. The predicted molar refractivity (Wildman–Crippen MR) is 74.0 cm³/mol. The first-order valence-electron chi connectivity index (χ1n) is 6.02.